The summed E-state index contributed by atoms with van der Waals surface area (Å²) in [5, 5.41) is 6.91. The first-order valence-electron chi connectivity index (χ1n) is 6.23. The molecule has 0 aromatic rings. The Labute approximate surface area is 95.8 Å². The Bertz CT molecular complexity index is 477. The molecular formula is C14H16N2. The van der Waals surface area contributed by atoms with Gasteiger partial charge in [-0.25, -0.2) is 0 Å². The van der Waals surface area contributed by atoms with Gasteiger partial charge in [0.25, 0.3) is 0 Å². The summed E-state index contributed by atoms with van der Waals surface area (Å²) in [5.41, 5.74) is 7.86. The van der Waals surface area contributed by atoms with Crippen LogP contribution >= 0.6 is 0 Å². The van der Waals surface area contributed by atoms with Gasteiger partial charge < -0.3 is 10.6 Å². The van der Waals surface area contributed by atoms with Gasteiger partial charge in [0.05, 0.1) is 0 Å². The van der Waals surface area contributed by atoms with Crippen LogP contribution in [0.2, 0.25) is 0 Å². The van der Waals surface area contributed by atoms with Gasteiger partial charge in [0, 0.05) is 30.3 Å². The van der Waals surface area contributed by atoms with E-state index in [0.717, 1.165) is 19.0 Å². The minimum absolute atomic E-state index is 0.720. The number of hydrogen-bond acceptors (Lipinski definition) is 2. The first-order valence-corrected chi connectivity index (χ1v) is 6.23. The molecule has 0 bridgehead atoms. The molecule has 16 heavy (non-hydrogen) atoms. The zero-order chi connectivity index (χ0) is 10.5. The van der Waals surface area contributed by atoms with E-state index in [4.69, 9.17) is 0 Å². The maximum Gasteiger partial charge on any atom is 0.0379 e. The summed E-state index contributed by atoms with van der Waals surface area (Å²) in [6.07, 6.45) is 10.5. The Morgan fingerprint density at radius 3 is 3.31 bits per heavy atom. The highest BCUT2D eigenvalue weighted by atomic mass is 14.9. The van der Waals surface area contributed by atoms with Gasteiger partial charge in [-0.15, -0.1) is 0 Å². The smallest absolute Gasteiger partial charge is 0.0379 e. The molecule has 0 aromatic heterocycles. The molecule has 82 valence electrons. The maximum absolute atomic E-state index is 3.55. The Balaban J connectivity index is 1.93. The van der Waals surface area contributed by atoms with Crippen LogP contribution in [0.25, 0.3) is 0 Å². The standard InChI is InChI=1S/C14H16N2/c1-2-12-11-4-5-15-7-9(11)6-10-8-16-13(3-1)14(10)12/h3-5,9,15-16H,1-2,6-8H2. The number of fused-ring (bicyclic) bond motifs is 1. The number of nitrogens with one attached hydrogen (secondary N) is 2. The van der Waals surface area contributed by atoms with Crippen LogP contribution in [0.5, 0.6) is 0 Å². The topological polar surface area (TPSA) is 24.1 Å². The molecule has 2 nitrogen and oxygen atoms in total. The van der Waals surface area contributed by atoms with Crippen LogP contribution in [0.4, 0.5) is 0 Å². The monoisotopic (exact) mass is 212 g/mol. The van der Waals surface area contributed by atoms with E-state index in [1.807, 2.05) is 0 Å². The zero-order valence-electron chi connectivity index (χ0n) is 9.34. The summed E-state index contributed by atoms with van der Waals surface area (Å²) in [7, 11) is 0. The molecule has 4 rings (SSSR count). The Hall–Kier alpha value is -1.44. The highest BCUT2D eigenvalue weighted by Gasteiger charge is 2.34. The molecule has 4 aliphatic rings. The Morgan fingerprint density at radius 2 is 2.31 bits per heavy atom. The molecule has 0 aromatic carbocycles. The van der Waals surface area contributed by atoms with Crippen molar-refractivity contribution in [3.05, 3.63) is 46.3 Å². The quantitative estimate of drug-likeness (QED) is 0.641. The Morgan fingerprint density at radius 1 is 1.31 bits per heavy atom. The van der Waals surface area contributed by atoms with E-state index in [2.05, 4.69) is 29.0 Å². The van der Waals surface area contributed by atoms with Crippen LogP contribution < -0.4 is 10.6 Å². The average molecular weight is 212 g/mol. The lowest BCUT2D eigenvalue weighted by Crippen LogP contribution is -2.28. The second kappa shape index (κ2) is 3.03. The summed E-state index contributed by atoms with van der Waals surface area (Å²) < 4.78 is 0. The van der Waals surface area contributed by atoms with Gasteiger partial charge in [-0.05, 0) is 48.3 Å². The second-order valence-corrected chi connectivity index (χ2v) is 5.07. The first kappa shape index (κ1) is 8.68. The number of allylic oxidation sites excluding steroid dienone is 3. The van der Waals surface area contributed by atoms with E-state index in [9.17, 15) is 0 Å². The molecule has 1 atom stereocenters. The fourth-order valence-corrected chi connectivity index (χ4v) is 3.50. The lowest BCUT2D eigenvalue weighted by atomic mass is 9.75. The summed E-state index contributed by atoms with van der Waals surface area (Å²) in [6, 6.07) is 0. The number of hydrogen-bond donors (Lipinski definition) is 2. The van der Waals surface area contributed by atoms with Gasteiger partial charge in [-0.3, -0.25) is 0 Å². The van der Waals surface area contributed by atoms with Crippen LogP contribution in [0, 0.1) is 5.92 Å². The zero-order valence-corrected chi connectivity index (χ0v) is 9.34. The summed E-state index contributed by atoms with van der Waals surface area (Å²) in [4.78, 5) is 0. The second-order valence-electron chi connectivity index (χ2n) is 5.07. The van der Waals surface area contributed by atoms with E-state index in [1.54, 1.807) is 22.3 Å². The van der Waals surface area contributed by atoms with Gasteiger partial charge in [0.15, 0.2) is 0 Å². The molecule has 2 aliphatic carbocycles. The molecule has 2 heterocycles. The van der Waals surface area contributed by atoms with Crippen molar-refractivity contribution in [3.8, 4) is 0 Å². The largest absolute Gasteiger partial charge is 0.390 e. The lowest BCUT2D eigenvalue weighted by Gasteiger charge is -2.32. The van der Waals surface area contributed by atoms with Crippen molar-refractivity contribution in [2.45, 2.75) is 19.3 Å². The molecule has 0 fully saturated rings. The molecule has 0 saturated carbocycles. The molecule has 0 amide bonds. The maximum atomic E-state index is 3.55. The summed E-state index contributed by atoms with van der Waals surface area (Å²) in [6.45, 7) is 2.20. The van der Waals surface area contributed by atoms with Gasteiger partial charge in [0.1, 0.15) is 0 Å². The average Bonchev–Trinajstić information content (AvgIpc) is 2.75. The van der Waals surface area contributed by atoms with Crippen molar-refractivity contribution in [3.63, 3.8) is 0 Å². The van der Waals surface area contributed by atoms with Gasteiger partial charge in [0.2, 0.25) is 0 Å². The van der Waals surface area contributed by atoms with Crippen molar-refractivity contribution in [1.29, 1.82) is 0 Å². The SMILES string of the molecule is C1=CC2=C3CCC=C4NCC(=C43)CC2CN1. The van der Waals surface area contributed by atoms with Crippen LogP contribution in [-0.4, -0.2) is 13.1 Å². The van der Waals surface area contributed by atoms with Crippen molar-refractivity contribution >= 4 is 0 Å². The van der Waals surface area contributed by atoms with E-state index in [0.29, 0.717) is 0 Å². The van der Waals surface area contributed by atoms with Crippen molar-refractivity contribution < 1.29 is 0 Å². The van der Waals surface area contributed by atoms with Gasteiger partial charge >= 0.3 is 0 Å². The lowest BCUT2D eigenvalue weighted by molar-refractivity contribution is 0.552. The summed E-state index contributed by atoms with van der Waals surface area (Å²) in [5.74, 6) is 0.720. The highest BCUT2D eigenvalue weighted by molar-refractivity contribution is 5.61. The Kier molecular flexibility index (Phi) is 1.65. The van der Waals surface area contributed by atoms with Crippen LogP contribution in [-0.2, 0) is 0 Å². The molecule has 1 unspecified atom stereocenters. The highest BCUT2D eigenvalue weighted by Crippen LogP contribution is 2.45. The van der Waals surface area contributed by atoms with E-state index in [-0.39, 0.29) is 0 Å². The molecule has 2 heteroatoms. The fourth-order valence-electron chi connectivity index (χ4n) is 3.50. The van der Waals surface area contributed by atoms with E-state index < -0.39 is 0 Å². The van der Waals surface area contributed by atoms with Crippen LogP contribution in [0.15, 0.2) is 46.3 Å². The minimum atomic E-state index is 0.720. The van der Waals surface area contributed by atoms with E-state index in [1.165, 1.54) is 25.0 Å². The molecule has 2 aliphatic heterocycles. The molecule has 0 saturated heterocycles. The molecule has 0 radical (unpaired) electrons. The van der Waals surface area contributed by atoms with Gasteiger partial charge in [-0.2, -0.15) is 0 Å². The van der Waals surface area contributed by atoms with Crippen LogP contribution in [0.1, 0.15) is 19.3 Å². The van der Waals surface area contributed by atoms with E-state index >= 15 is 0 Å². The third-order valence-corrected chi connectivity index (χ3v) is 4.19. The van der Waals surface area contributed by atoms with Crippen molar-refractivity contribution in [1.82, 2.24) is 10.6 Å². The fraction of sp³-hybridized carbons (Fsp3) is 0.429. The normalized spacial score (nSPS) is 30.5. The first-order chi connectivity index (χ1) is 7.93. The third-order valence-electron chi connectivity index (χ3n) is 4.19. The minimum Gasteiger partial charge on any atom is -0.390 e. The third kappa shape index (κ3) is 1.02. The predicted octanol–water partition coefficient (Wildman–Crippen LogP) is 2.00. The summed E-state index contributed by atoms with van der Waals surface area (Å²) >= 11 is 0. The van der Waals surface area contributed by atoms with Crippen LogP contribution in [0.3, 0.4) is 0 Å². The van der Waals surface area contributed by atoms with Crippen molar-refractivity contribution in [2.24, 2.45) is 5.92 Å². The predicted molar refractivity (Wildman–Crippen MR) is 64.6 cm³/mol. The molecule has 0 spiro atoms. The molecule has 2 N–H and O–H groups in total. The van der Waals surface area contributed by atoms with Crippen molar-refractivity contribution in [2.75, 3.05) is 13.1 Å². The van der Waals surface area contributed by atoms with Gasteiger partial charge in [-0.1, -0.05) is 6.08 Å². The number of rotatable bonds is 0. The molecular weight excluding hydrogens is 196 g/mol.